The molecule has 4 rings (SSSR count). The van der Waals surface area contributed by atoms with Gasteiger partial charge in [-0.15, -0.1) is 0 Å². The van der Waals surface area contributed by atoms with Crippen LogP contribution in [0.3, 0.4) is 0 Å². The Balaban J connectivity index is 1.56. The van der Waals surface area contributed by atoms with E-state index < -0.39 is 0 Å². The number of anilines is 1. The molecule has 9 heteroatoms. The Morgan fingerprint density at radius 1 is 1.24 bits per heavy atom. The van der Waals surface area contributed by atoms with Gasteiger partial charge in [0, 0.05) is 24.7 Å². The number of imidazole rings is 1. The first-order valence-corrected chi connectivity index (χ1v) is 8.94. The summed E-state index contributed by atoms with van der Waals surface area (Å²) in [7, 11) is 0. The largest absolute Gasteiger partial charge is 0.342 e. The Hall–Kier alpha value is -2.39. The smallest absolute Gasteiger partial charge is 0.248 e. The van der Waals surface area contributed by atoms with Gasteiger partial charge in [-0.2, -0.15) is 4.98 Å². The van der Waals surface area contributed by atoms with E-state index in [2.05, 4.69) is 36.7 Å². The first kappa shape index (κ1) is 16.1. The summed E-state index contributed by atoms with van der Waals surface area (Å²) in [5.41, 5.74) is 7.17. The first-order chi connectivity index (χ1) is 12.0. The van der Waals surface area contributed by atoms with Gasteiger partial charge in [-0.1, -0.05) is 17.8 Å². The van der Waals surface area contributed by atoms with E-state index in [0.29, 0.717) is 16.3 Å². The van der Waals surface area contributed by atoms with Gasteiger partial charge < -0.3 is 20.6 Å². The van der Waals surface area contributed by atoms with Crippen molar-refractivity contribution in [3.63, 3.8) is 0 Å². The average Bonchev–Trinajstić information content (AvgIpc) is 2.98. The molecule has 1 fully saturated rings. The Morgan fingerprint density at radius 3 is 2.80 bits per heavy atom. The monoisotopic (exact) mass is 357 g/mol. The minimum absolute atomic E-state index is 0.102. The van der Waals surface area contributed by atoms with Crippen LogP contribution in [0.15, 0.2) is 39.2 Å². The van der Waals surface area contributed by atoms with Gasteiger partial charge >= 0.3 is 0 Å². The van der Waals surface area contributed by atoms with Crippen molar-refractivity contribution in [1.29, 1.82) is 0 Å². The summed E-state index contributed by atoms with van der Waals surface area (Å²) < 4.78 is 0. The molecule has 0 radical (unpaired) electrons. The highest BCUT2D eigenvalue weighted by molar-refractivity contribution is 7.99. The highest BCUT2D eigenvalue weighted by Crippen LogP contribution is 2.26. The topological polar surface area (TPSA) is 117 Å². The van der Waals surface area contributed by atoms with Crippen molar-refractivity contribution in [3.05, 3.63) is 34.7 Å². The van der Waals surface area contributed by atoms with Crippen LogP contribution in [0, 0.1) is 0 Å². The summed E-state index contributed by atoms with van der Waals surface area (Å²) in [6.45, 7) is 3.81. The summed E-state index contributed by atoms with van der Waals surface area (Å²) in [5, 5.41) is 1.41. The zero-order chi connectivity index (χ0) is 17.4. The van der Waals surface area contributed by atoms with Crippen molar-refractivity contribution in [2.24, 2.45) is 5.73 Å². The van der Waals surface area contributed by atoms with Crippen LogP contribution in [-0.2, 0) is 0 Å². The molecular weight excluding hydrogens is 338 g/mol. The van der Waals surface area contributed by atoms with E-state index in [1.54, 1.807) is 12.3 Å². The molecule has 0 atom stereocenters. The molecule has 0 aliphatic carbocycles. The van der Waals surface area contributed by atoms with Crippen LogP contribution >= 0.6 is 11.8 Å². The minimum atomic E-state index is -0.139. The number of nitrogens with two attached hydrogens (primary N) is 1. The van der Waals surface area contributed by atoms with Gasteiger partial charge in [0.05, 0.1) is 11.2 Å². The lowest BCUT2D eigenvalue weighted by Crippen LogP contribution is -2.48. The Kier molecular flexibility index (Phi) is 3.97. The number of aromatic amines is 2. The first-order valence-electron chi connectivity index (χ1n) is 8.12. The maximum atomic E-state index is 11.4. The SMILES string of the molecule is CC1(N)CCN(c2nc3ncc(Sc4cccc(=O)[nH]4)nc3[nH]2)CC1. The number of aromatic nitrogens is 5. The fraction of sp³-hybridized carbons (Fsp3) is 0.375. The van der Waals surface area contributed by atoms with E-state index in [4.69, 9.17) is 5.73 Å². The molecule has 4 heterocycles. The fourth-order valence-electron chi connectivity index (χ4n) is 2.79. The molecule has 3 aromatic heterocycles. The van der Waals surface area contributed by atoms with Gasteiger partial charge in [0.2, 0.25) is 11.5 Å². The van der Waals surface area contributed by atoms with E-state index in [1.165, 1.54) is 17.8 Å². The third-order valence-corrected chi connectivity index (χ3v) is 5.20. The van der Waals surface area contributed by atoms with E-state index in [-0.39, 0.29) is 11.1 Å². The average molecular weight is 357 g/mol. The van der Waals surface area contributed by atoms with Crippen molar-refractivity contribution >= 4 is 29.0 Å². The molecule has 0 unspecified atom stereocenters. The number of hydrogen-bond acceptors (Lipinski definition) is 7. The Labute approximate surface area is 148 Å². The van der Waals surface area contributed by atoms with E-state index in [0.717, 1.165) is 36.9 Å². The van der Waals surface area contributed by atoms with Crippen LogP contribution < -0.4 is 16.2 Å². The molecule has 8 nitrogen and oxygen atoms in total. The molecule has 1 saturated heterocycles. The summed E-state index contributed by atoms with van der Waals surface area (Å²) in [6.07, 6.45) is 3.51. The predicted molar refractivity (Wildman–Crippen MR) is 96.9 cm³/mol. The summed E-state index contributed by atoms with van der Waals surface area (Å²) in [6, 6.07) is 5.02. The minimum Gasteiger partial charge on any atom is -0.342 e. The van der Waals surface area contributed by atoms with Gasteiger partial charge in [-0.3, -0.25) is 4.79 Å². The normalized spacial score (nSPS) is 17.1. The van der Waals surface area contributed by atoms with Crippen molar-refractivity contribution in [2.45, 2.75) is 35.4 Å². The van der Waals surface area contributed by atoms with Crippen molar-refractivity contribution < 1.29 is 0 Å². The lowest BCUT2D eigenvalue weighted by atomic mass is 9.91. The second kappa shape index (κ2) is 6.16. The molecule has 0 bridgehead atoms. The van der Waals surface area contributed by atoms with Crippen LogP contribution in [0.25, 0.3) is 11.3 Å². The molecule has 25 heavy (non-hydrogen) atoms. The number of fused-ring (bicyclic) bond motifs is 1. The number of nitrogens with zero attached hydrogens (tertiary/aromatic N) is 4. The standard InChI is InChI=1S/C16H19N7OS/c1-16(17)5-7-23(8-6-16)15-21-13-14(22-15)20-12(9-18-13)25-11-4-2-3-10(24)19-11/h2-4,9H,5-8,17H2,1H3,(H,19,24)(H,18,20,21,22). The van der Waals surface area contributed by atoms with Crippen molar-refractivity contribution in [1.82, 2.24) is 24.9 Å². The van der Waals surface area contributed by atoms with Crippen molar-refractivity contribution in [2.75, 3.05) is 18.0 Å². The second-order valence-electron chi connectivity index (χ2n) is 6.56. The van der Waals surface area contributed by atoms with Crippen molar-refractivity contribution in [3.8, 4) is 0 Å². The predicted octanol–water partition coefficient (Wildman–Crippen LogP) is 1.51. The lowest BCUT2D eigenvalue weighted by Gasteiger charge is -2.36. The third-order valence-electron chi connectivity index (χ3n) is 4.33. The van der Waals surface area contributed by atoms with Gasteiger partial charge in [0.1, 0.15) is 5.03 Å². The maximum Gasteiger partial charge on any atom is 0.248 e. The molecule has 1 aliphatic rings. The van der Waals surface area contributed by atoms with Crippen LogP contribution in [-0.4, -0.2) is 43.5 Å². The van der Waals surface area contributed by atoms with Gasteiger partial charge in [-0.25, -0.2) is 9.97 Å². The zero-order valence-corrected chi connectivity index (χ0v) is 14.6. The number of H-pyrrole nitrogens is 2. The number of hydrogen-bond donors (Lipinski definition) is 3. The lowest BCUT2D eigenvalue weighted by molar-refractivity contribution is 0.362. The highest BCUT2D eigenvalue weighted by Gasteiger charge is 2.27. The number of rotatable bonds is 3. The van der Waals surface area contributed by atoms with E-state index >= 15 is 0 Å². The second-order valence-corrected chi connectivity index (χ2v) is 7.63. The molecule has 0 aromatic carbocycles. The quantitative estimate of drug-likeness (QED) is 0.650. The maximum absolute atomic E-state index is 11.4. The molecular formula is C16H19N7OS. The van der Waals surface area contributed by atoms with Crippen LogP contribution in [0.2, 0.25) is 0 Å². The molecule has 0 amide bonds. The van der Waals surface area contributed by atoms with Crippen LogP contribution in [0.1, 0.15) is 19.8 Å². The zero-order valence-electron chi connectivity index (χ0n) is 13.8. The van der Waals surface area contributed by atoms with Crippen LogP contribution in [0.4, 0.5) is 5.95 Å². The number of pyridine rings is 1. The number of nitrogens with one attached hydrogen (secondary N) is 2. The summed E-state index contributed by atoms with van der Waals surface area (Å²) >= 11 is 1.35. The summed E-state index contributed by atoms with van der Waals surface area (Å²) in [4.78, 5) is 33.0. The fourth-order valence-corrected chi connectivity index (χ4v) is 3.56. The van der Waals surface area contributed by atoms with Crippen LogP contribution in [0.5, 0.6) is 0 Å². The van der Waals surface area contributed by atoms with E-state index in [9.17, 15) is 4.79 Å². The van der Waals surface area contributed by atoms with E-state index in [1.807, 2.05) is 6.07 Å². The molecule has 4 N–H and O–H groups in total. The third kappa shape index (κ3) is 3.52. The highest BCUT2D eigenvalue weighted by atomic mass is 32.2. The van der Waals surface area contributed by atoms with Gasteiger partial charge in [-0.05, 0) is 25.8 Å². The molecule has 3 aromatic rings. The molecule has 0 spiro atoms. The summed E-state index contributed by atoms with van der Waals surface area (Å²) in [5.74, 6) is 0.778. The van der Waals surface area contributed by atoms with Gasteiger partial charge in [0.25, 0.3) is 0 Å². The molecule has 0 saturated carbocycles. The Bertz CT molecular complexity index is 954. The number of piperidine rings is 1. The van der Waals surface area contributed by atoms with Gasteiger partial charge in [0.15, 0.2) is 11.3 Å². The Morgan fingerprint density at radius 2 is 2.04 bits per heavy atom. The molecule has 130 valence electrons. The molecule has 1 aliphatic heterocycles.